The molecule has 1 fully saturated rings. The Morgan fingerprint density at radius 2 is 2.38 bits per heavy atom. The van der Waals surface area contributed by atoms with Gasteiger partial charge in [0.15, 0.2) is 0 Å². The minimum absolute atomic E-state index is 0.408. The molecule has 3 heteroatoms. The average Bonchev–Trinajstić information content (AvgIpc) is 2.56. The fourth-order valence-corrected chi connectivity index (χ4v) is 1.80. The highest BCUT2D eigenvalue weighted by Gasteiger charge is 2.36. The zero-order valence-electron chi connectivity index (χ0n) is 8.31. The molecule has 0 saturated carbocycles. The van der Waals surface area contributed by atoms with Gasteiger partial charge < -0.3 is 10.1 Å². The molecule has 0 aromatic rings. The van der Waals surface area contributed by atoms with E-state index in [9.17, 15) is 0 Å². The Labute approximate surface area is 79.6 Å². The van der Waals surface area contributed by atoms with E-state index in [1.54, 1.807) is 0 Å². The van der Waals surface area contributed by atoms with Crippen LogP contribution in [0.4, 0.5) is 0 Å². The first-order valence-electron chi connectivity index (χ1n) is 5.20. The molecule has 0 spiro atoms. The molecule has 0 atom stereocenters. The minimum Gasteiger partial charge on any atom is -0.380 e. The van der Waals surface area contributed by atoms with Crippen molar-refractivity contribution in [2.75, 3.05) is 26.3 Å². The molecular weight excluding hydrogens is 164 g/mol. The monoisotopic (exact) mass is 182 g/mol. The summed E-state index contributed by atoms with van der Waals surface area (Å²) in [5.74, 6) is 1.21. The van der Waals surface area contributed by atoms with Crippen molar-refractivity contribution in [2.24, 2.45) is 10.4 Å². The van der Waals surface area contributed by atoms with Gasteiger partial charge in [0.2, 0.25) is 0 Å². The molecule has 2 aliphatic rings. The fraction of sp³-hybridized carbons (Fsp3) is 0.900. The molecule has 2 rings (SSSR count). The van der Waals surface area contributed by atoms with Crippen LogP contribution in [0, 0.1) is 5.41 Å². The van der Waals surface area contributed by atoms with Crippen LogP contribution in [0.5, 0.6) is 0 Å². The number of rotatable bonds is 3. The summed E-state index contributed by atoms with van der Waals surface area (Å²) in [5.41, 5.74) is 0.408. The molecule has 74 valence electrons. The summed E-state index contributed by atoms with van der Waals surface area (Å²) in [6.45, 7) is 6.13. The number of ether oxygens (including phenoxy) is 1. The second kappa shape index (κ2) is 3.66. The van der Waals surface area contributed by atoms with Crippen molar-refractivity contribution in [1.82, 2.24) is 5.32 Å². The molecule has 1 N–H and O–H groups in total. The Hall–Kier alpha value is -0.570. The van der Waals surface area contributed by atoms with E-state index in [4.69, 9.17) is 4.74 Å². The summed E-state index contributed by atoms with van der Waals surface area (Å²) in [6, 6.07) is 0. The van der Waals surface area contributed by atoms with Crippen LogP contribution in [0.1, 0.15) is 26.2 Å². The molecule has 0 unspecified atom stereocenters. The molecule has 0 amide bonds. The van der Waals surface area contributed by atoms with Gasteiger partial charge in [-0.25, -0.2) is 0 Å². The van der Waals surface area contributed by atoms with Crippen LogP contribution in [0.25, 0.3) is 0 Å². The average molecular weight is 182 g/mol. The summed E-state index contributed by atoms with van der Waals surface area (Å²) in [5, 5.41) is 3.45. The normalized spacial score (nSPS) is 25.2. The molecule has 1 saturated heterocycles. The Bertz CT molecular complexity index is 203. The number of amidine groups is 1. The molecule has 13 heavy (non-hydrogen) atoms. The van der Waals surface area contributed by atoms with Gasteiger partial charge in [0, 0.05) is 24.9 Å². The van der Waals surface area contributed by atoms with E-state index in [1.165, 1.54) is 18.7 Å². The van der Waals surface area contributed by atoms with Gasteiger partial charge in [-0.2, -0.15) is 0 Å². The Morgan fingerprint density at radius 3 is 2.85 bits per heavy atom. The van der Waals surface area contributed by atoms with Crippen molar-refractivity contribution in [1.29, 1.82) is 0 Å². The van der Waals surface area contributed by atoms with Crippen LogP contribution in [-0.4, -0.2) is 32.1 Å². The zero-order valence-corrected chi connectivity index (χ0v) is 8.31. The predicted molar refractivity (Wildman–Crippen MR) is 53.1 cm³/mol. The van der Waals surface area contributed by atoms with Crippen LogP contribution in [0.3, 0.4) is 0 Å². The standard InChI is InChI=1S/C10H18N2O/c1-2-10(7-13-8-10)6-12-9-4-3-5-11-9/h2-8H2,1H3,(H,11,12). The summed E-state index contributed by atoms with van der Waals surface area (Å²) >= 11 is 0. The Morgan fingerprint density at radius 1 is 1.54 bits per heavy atom. The van der Waals surface area contributed by atoms with E-state index in [2.05, 4.69) is 17.2 Å². The maximum absolute atomic E-state index is 5.26. The van der Waals surface area contributed by atoms with E-state index < -0.39 is 0 Å². The minimum atomic E-state index is 0.408. The lowest BCUT2D eigenvalue weighted by Gasteiger charge is -2.41. The number of nitrogens with one attached hydrogen (secondary N) is 1. The van der Waals surface area contributed by atoms with Crippen molar-refractivity contribution in [3.8, 4) is 0 Å². The predicted octanol–water partition coefficient (Wildman–Crippen LogP) is 1.19. The highest BCUT2D eigenvalue weighted by molar-refractivity contribution is 5.83. The lowest BCUT2D eigenvalue weighted by atomic mass is 9.83. The van der Waals surface area contributed by atoms with Crippen molar-refractivity contribution in [3.05, 3.63) is 0 Å². The first-order chi connectivity index (χ1) is 6.35. The molecule has 0 aromatic heterocycles. The highest BCUT2D eigenvalue weighted by Crippen LogP contribution is 2.30. The van der Waals surface area contributed by atoms with Gasteiger partial charge in [-0.3, -0.25) is 4.99 Å². The molecule has 3 nitrogen and oxygen atoms in total. The topological polar surface area (TPSA) is 33.6 Å². The van der Waals surface area contributed by atoms with Crippen LogP contribution >= 0.6 is 0 Å². The third kappa shape index (κ3) is 1.85. The first kappa shape index (κ1) is 9.00. The van der Waals surface area contributed by atoms with Crippen molar-refractivity contribution >= 4 is 5.84 Å². The second-order valence-corrected chi connectivity index (χ2v) is 4.13. The van der Waals surface area contributed by atoms with Crippen molar-refractivity contribution in [3.63, 3.8) is 0 Å². The second-order valence-electron chi connectivity index (χ2n) is 4.13. The number of nitrogens with zero attached hydrogens (tertiary/aromatic N) is 1. The first-order valence-corrected chi connectivity index (χ1v) is 5.20. The third-order valence-corrected chi connectivity index (χ3v) is 3.11. The van der Waals surface area contributed by atoms with Gasteiger partial charge in [0.25, 0.3) is 0 Å². The quantitative estimate of drug-likeness (QED) is 0.711. The van der Waals surface area contributed by atoms with Gasteiger partial charge in [0.05, 0.1) is 19.0 Å². The number of hydrogen-bond donors (Lipinski definition) is 1. The number of aliphatic imine (C=N–C) groups is 1. The summed E-state index contributed by atoms with van der Waals surface area (Å²) in [7, 11) is 0. The Kier molecular flexibility index (Phi) is 2.54. The lowest BCUT2D eigenvalue weighted by molar-refractivity contribution is -0.110. The maximum atomic E-state index is 5.26. The lowest BCUT2D eigenvalue weighted by Crippen LogP contribution is -2.50. The molecule has 2 aliphatic heterocycles. The van der Waals surface area contributed by atoms with Gasteiger partial charge in [-0.1, -0.05) is 6.92 Å². The molecule has 0 bridgehead atoms. The zero-order chi connectivity index (χ0) is 9.15. The fourth-order valence-electron chi connectivity index (χ4n) is 1.80. The SMILES string of the molecule is CCC1(CNC2=NCCC2)COC1. The van der Waals surface area contributed by atoms with E-state index in [-0.39, 0.29) is 0 Å². The van der Waals surface area contributed by atoms with E-state index in [0.29, 0.717) is 5.41 Å². The van der Waals surface area contributed by atoms with Gasteiger partial charge >= 0.3 is 0 Å². The molecular formula is C10H18N2O. The van der Waals surface area contributed by atoms with Crippen LogP contribution < -0.4 is 5.32 Å². The van der Waals surface area contributed by atoms with Gasteiger partial charge in [-0.05, 0) is 12.8 Å². The van der Waals surface area contributed by atoms with Crippen LogP contribution in [0.2, 0.25) is 0 Å². The summed E-state index contributed by atoms with van der Waals surface area (Å²) in [6.07, 6.45) is 3.56. The van der Waals surface area contributed by atoms with Crippen LogP contribution in [0.15, 0.2) is 4.99 Å². The maximum Gasteiger partial charge on any atom is 0.0963 e. The van der Waals surface area contributed by atoms with Gasteiger partial charge in [0.1, 0.15) is 0 Å². The molecule has 0 radical (unpaired) electrons. The van der Waals surface area contributed by atoms with Crippen molar-refractivity contribution < 1.29 is 4.74 Å². The van der Waals surface area contributed by atoms with Gasteiger partial charge in [-0.15, -0.1) is 0 Å². The smallest absolute Gasteiger partial charge is 0.0963 e. The van der Waals surface area contributed by atoms with Crippen LogP contribution in [-0.2, 0) is 4.74 Å². The van der Waals surface area contributed by atoms with E-state index in [1.807, 2.05) is 0 Å². The molecule has 2 heterocycles. The largest absolute Gasteiger partial charge is 0.380 e. The third-order valence-electron chi connectivity index (χ3n) is 3.11. The molecule has 0 aliphatic carbocycles. The highest BCUT2D eigenvalue weighted by atomic mass is 16.5. The Balaban J connectivity index is 1.77. The summed E-state index contributed by atoms with van der Waals surface area (Å²) in [4.78, 5) is 4.40. The number of hydrogen-bond acceptors (Lipinski definition) is 3. The summed E-state index contributed by atoms with van der Waals surface area (Å²) < 4.78 is 5.26. The van der Waals surface area contributed by atoms with E-state index in [0.717, 1.165) is 32.7 Å². The molecule has 0 aromatic carbocycles. The van der Waals surface area contributed by atoms with E-state index >= 15 is 0 Å². The van der Waals surface area contributed by atoms with Crippen molar-refractivity contribution in [2.45, 2.75) is 26.2 Å².